The number of carbonyl (C=O) groups excluding carboxylic acids is 1. The molecule has 0 bridgehead atoms. The number of benzene rings is 2. The minimum Gasteiger partial charge on any atom is -0.298 e. The molecule has 0 fully saturated rings. The van der Waals surface area contributed by atoms with E-state index in [-0.39, 0.29) is 0 Å². The predicted molar refractivity (Wildman–Crippen MR) is 77.3 cm³/mol. The summed E-state index contributed by atoms with van der Waals surface area (Å²) in [5.74, 6) is 0.940. The van der Waals surface area contributed by atoms with Gasteiger partial charge in [-0.25, -0.2) is 0 Å². The summed E-state index contributed by atoms with van der Waals surface area (Å²) >= 11 is 1.77. The third-order valence-corrected chi connectivity index (χ3v) is 3.94. The van der Waals surface area contributed by atoms with Gasteiger partial charge >= 0.3 is 0 Å². The lowest BCUT2D eigenvalue weighted by atomic mass is 10.1. The zero-order chi connectivity index (χ0) is 13.0. The molecular formula is C16H16OS. The van der Waals surface area contributed by atoms with E-state index >= 15 is 0 Å². The summed E-state index contributed by atoms with van der Waals surface area (Å²) in [7, 11) is 0. The van der Waals surface area contributed by atoms with Crippen LogP contribution < -0.4 is 0 Å². The molecule has 0 saturated carbocycles. The summed E-state index contributed by atoms with van der Waals surface area (Å²) in [6.45, 7) is 4.25. The Kier molecular flexibility index (Phi) is 4.21. The van der Waals surface area contributed by atoms with Gasteiger partial charge in [0.15, 0.2) is 0 Å². The maximum absolute atomic E-state index is 10.7. The van der Waals surface area contributed by atoms with Crippen molar-refractivity contribution in [2.24, 2.45) is 0 Å². The summed E-state index contributed by atoms with van der Waals surface area (Å²) in [5, 5.41) is 0. The van der Waals surface area contributed by atoms with E-state index in [0.717, 1.165) is 22.5 Å². The van der Waals surface area contributed by atoms with E-state index in [1.54, 1.807) is 11.8 Å². The molecular weight excluding hydrogens is 240 g/mol. The Hall–Kier alpha value is -1.54. The van der Waals surface area contributed by atoms with Gasteiger partial charge in [0.25, 0.3) is 0 Å². The van der Waals surface area contributed by atoms with Gasteiger partial charge < -0.3 is 0 Å². The highest BCUT2D eigenvalue weighted by Gasteiger charge is 2.01. The first-order chi connectivity index (χ1) is 8.69. The van der Waals surface area contributed by atoms with Gasteiger partial charge in [0.05, 0.1) is 0 Å². The standard InChI is InChI=1S/C16H16OS/c1-12-6-7-13(2)15(8-12)11-18-16-5-3-4-14(9-16)10-17/h3-10H,11H2,1-2H3. The molecule has 0 aliphatic rings. The summed E-state index contributed by atoms with van der Waals surface area (Å²) < 4.78 is 0. The summed E-state index contributed by atoms with van der Waals surface area (Å²) in [5.41, 5.74) is 4.70. The molecule has 0 aliphatic heterocycles. The molecule has 2 heteroatoms. The van der Waals surface area contributed by atoms with Crippen LogP contribution in [0.5, 0.6) is 0 Å². The number of rotatable bonds is 4. The number of carbonyl (C=O) groups is 1. The predicted octanol–water partition coefficient (Wildman–Crippen LogP) is 4.41. The average Bonchev–Trinajstić information content (AvgIpc) is 2.40. The summed E-state index contributed by atoms with van der Waals surface area (Å²) in [4.78, 5) is 11.9. The van der Waals surface area contributed by atoms with Gasteiger partial charge in [-0.15, -0.1) is 11.8 Å². The van der Waals surface area contributed by atoms with Crippen molar-refractivity contribution in [3.8, 4) is 0 Å². The van der Waals surface area contributed by atoms with E-state index < -0.39 is 0 Å². The van der Waals surface area contributed by atoms with E-state index in [1.807, 2.05) is 24.3 Å². The molecule has 0 saturated heterocycles. The third kappa shape index (κ3) is 3.23. The van der Waals surface area contributed by atoms with Crippen LogP contribution in [-0.2, 0) is 5.75 Å². The molecule has 0 unspecified atom stereocenters. The van der Waals surface area contributed by atoms with Crippen molar-refractivity contribution < 1.29 is 4.79 Å². The van der Waals surface area contributed by atoms with E-state index in [1.165, 1.54) is 16.7 Å². The maximum Gasteiger partial charge on any atom is 0.150 e. The molecule has 0 amide bonds. The Morgan fingerprint density at radius 3 is 2.72 bits per heavy atom. The van der Waals surface area contributed by atoms with Crippen LogP contribution in [0.1, 0.15) is 27.0 Å². The number of aldehydes is 1. The zero-order valence-corrected chi connectivity index (χ0v) is 11.5. The second-order valence-electron chi connectivity index (χ2n) is 4.41. The van der Waals surface area contributed by atoms with E-state index in [2.05, 4.69) is 32.0 Å². The largest absolute Gasteiger partial charge is 0.298 e. The molecule has 2 aromatic rings. The number of aryl methyl sites for hydroxylation is 2. The van der Waals surface area contributed by atoms with Crippen LogP contribution >= 0.6 is 11.8 Å². The minimum absolute atomic E-state index is 0.737. The first-order valence-corrected chi connectivity index (χ1v) is 6.92. The van der Waals surface area contributed by atoms with Gasteiger partial charge in [0, 0.05) is 16.2 Å². The summed E-state index contributed by atoms with van der Waals surface area (Å²) in [6, 6.07) is 14.3. The Labute approximate surface area is 112 Å². The normalized spacial score (nSPS) is 10.3. The molecule has 0 aliphatic carbocycles. The average molecular weight is 256 g/mol. The number of hydrogen-bond acceptors (Lipinski definition) is 2. The highest BCUT2D eigenvalue weighted by molar-refractivity contribution is 7.98. The lowest BCUT2D eigenvalue weighted by Crippen LogP contribution is -1.88. The second-order valence-corrected chi connectivity index (χ2v) is 5.46. The Balaban J connectivity index is 2.11. The highest BCUT2D eigenvalue weighted by atomic mass is 32.2. The monoisotopic (exact) mass is 256 g/mol. The van der Waals surface area contributed by atoms with Crippen molar-refractivity contribution >= 4 is 18.0 Å². The first-order valence-electron chi connectivity index (χ1n) is 5.93. The SMILES string of the molecule is Cc1ccc(C)c(CSc2cccc(C=O)c2)c1. The maximum atomic E-state index is 10.7. The lowest BCUT2D eigenvalue weighted by molar-refractivity contribution is 0.112. The van der Waals surface area contributed by atoms with E-state index in [9.17, 15) is 4.79 Å². The summed E-state index contributed by atoms with van der Waals surface area (Å²) in [6.07, 6.45) is 0.891. The van der Waals surface area contributed by atoms with Gasteiger partial charge in [0.2, 0.25) is 0 Å². The van der Waals surface area contributed by atoms with Crippen molar-refractivity contribution in [3.05, 3.63) is 64.7 Å². The lowest BCUT2D eigenvalue weighted by Gasteiger charge is -2.07. The van der Waals surface area contributed by atoms with Crippen LogP contribution in [0.4, 0.5) is 0 Å². The Morgan fingerprint density at radius 2 is 1.94 bits per heavy atom. The van der Waals surface area contributed by atoms with Crippen molar-refractivity contribution in [1.82, 2.24) is 0 Å². The van der Waals surface area contributed by atoms with E-state index in [0.29, 0.717) is 0 Å². The molecule has 2 aromatic carbocycles. The fourth-order valence-corrected chi connectivity index (χ4v) is 2.82. The Morgan fingerprint density at radius 1 is 1.11 bits per heavy atom. The third-order valence-electron chi connectivity index (χ3n) is 2.89. The molecule has 2 rings (SSSR count). The van der Waals surface area contributed by atoms with Crippen LogP contribution in [-0.4, -0.2) is 6.29 Å². The molecule has 18 heavy (non-hydrogen) atoms. The molecule has 92 valence electrons. The van der Waals surface area contributed by atoms with Crippen molar-refractivity contribution in [2.75, 3.05) is 0 Å². The van der Waals surface area contributed by atoms with Crippen LogP contribution in [0, 0.1) is 13.8 Å². The van der Waals surface area contributed by atoms with Crippen LogP contribution in [0.25, 0.3) is 0 Å². The molecule has 1 nitrogen and oxygen atoms in total. The number of hydrogen-bond donors (Lipinski definition) is 0. The smallest absolute Gasteiger partial charge is 0.150 e. The quantitative estimate of drug-likeness (QED) is 0.595. The first kappa shape index (κ1) is 12.9. The fourth-order valence-electron chi connectivity index (χ4n) is 1.79. The van der Waals surface area contributed by atoms with Crippen LogP contribution in [0.15, 0.2) is 47.4 Å². The molecule has 0 spiro atoms. The molecule has 0 radical (unpaired) electrons. The molecule has 0 atom stereocenters. The van der Waals surface area contributed by atoms with Crippen molar-refractivity contribution in [2.45, 2.75) is 24.5 Å². The highest BCUT2D eigenvalue weighted by Crippen LogP contribution is 2.25. The number of thioether (sulfide) groups is 1. The van der Waals surface area contributed by atoms with Gasteiger partial charge in [-0.3, -0.25) is 4.79 Å². The van der Waals surface area contributed by atoms with Crippen molar-refractivity contribution in [3.63, 3.8) is 0 Å². The fraction of sp³-hybridized carbons (Fsp3) is 0.188. The topological polar surface area (TPSA) is 17.1 Å². The zero-order valence-electron chi connectivity index (χ0n) is 10.6. The van der Waals surface area contributed by atoms with Gasteiger partial charge in [0.1, 0.15) is 6.29 Å². The van der Waals surface area contributed by atoms with Gasteiger partial charge in [-0.2, -0.15) is 0 Å². The van der Waals surface area contributed by atoms with Gasteiger partial charge in [-0.05, 0) is 37.1 Å². The van der Waals surface area contributed by atoms with Crippen LogP contribution in [0.2, 0.25) is 0 Å². The Bertz CT molecular complexity index is 561. The van der Waals surface area contributed by atoms with E-state index in [4.69, 9.17) is 0 Å². The molecule has 0 heterocycles. The van der Waals surface area contributed by atoms with Crippen molar-refractivity contribution in [1.29, 1.82) is 0 Å². The van der Waals surface area contributed by atoms with Crippen LogP contribution in [0.3, 0.4) is 0 Å². The second kappa shape index (κ2) is 5.87. The van der Waals surface area contributed by atoms with Gasteiger partial charge in [-0.1, -0.05) is 35.9 Å². The molecule has 0 aromatic heterocycles. The molecule has 0 N–H and O–H groups in total. The minimum atomic E-state index is 0.737.